The quantitative estimate of drug-likeness (QED) is 0.532. The van der Waals surface area contributed by atoms with E-state index < -0.39 is 30.3 Å². The van der Waals surface area contributed by atoms with Gasteiger partial charge in [-0.1, -0.05) is 37.0 Å². The fourth-order valence-electron chi connectivity index (χ4n) is 6.44. The summed E-state index contributed by atoms with van der Waals surface area (Å²) < 4.78 is 11.9. The molecule has 5 rings (SSSR count). The van der Waals surface area contributed by atoms with Crippen molar-refractivity contribution in [1.82, 2.24) is 20.9 Å². The molecular weight excluding hydrogens is 460 g/mol. The molecular formula is C27H34N4O5. The van der Waals surface area contributed by atoms with E-state index in [1.807, 2.05) is 24.3 Å². The first-order chi connectivity index (χ1) is 17.5. The van der Waals surface area contributed by atoms with Gasteiger partial charge in [-0.05, 0) is 26.0 Å². The van der Waals surface area contributed by atoms with Crippen LogP contribution in [0.15, 0.2) is 24.3 Å². The average Bonchev–Trinajstić information content (AvgIpc) is 3.44. The van der Waals surface area contributed by atoms with Crippen LogP contribution in [0.25, 0.3) is 0 Å². The molecule has 1 aliphatic carbocycles. The fourth-order valence-corrected chi connectivity index (χ4v) is 6.44. The summed E-state index contributed by atoms with van der Waals surface area (Å²) in [4.78, 5) is 42.1. The molecule has 9 heteroatoms. The monoisotopic (exact) mass is 494 g/mol. The van der Waals surface area contributed by atoms with Gasteiger partial charge in [-0.3, -0.25) is 19.7 Å². The Balaban J connectivity index is 1.41. The SMILES string of the molecule is C#C[C@H](NC)C(=O)N[C@H]1CCO[C@H]2CC3(CCCC3)[C@@H](C(=O)N[C@@H]3CCOc4ccccc43)N2C1=O. The molecule has 2 saturated heterocycles. The van der Waals surface area contributed by atoms with Crippen molar-refractivity contribution in [2.45, 2.75) is 75.3 Å². The molecule has 0 aromatic heterocycles. The van der Waals surface area contributed by atoms with Gasteiger partial charge in [0.15, 0.2) is 0 Å². The molecule has 3 amide bonds. The molecule has 3 heterocycles. The maximum atomic E-state index is 14.0. The van der Waals surface area contributed by atoms with Crippen molar-refractivity contribution in [3.8, 4) is 18.1 Å². The van der Waals surface area contributed by atoms with Crippen LogP contribution in [-0.4, -0.2) is 67.2 Å². The second-order valence-corrected chi connectivity index (χ2v) is 10.2. The van der Waals surface area contributed by atoms with E-state index in [1.165, 1.54) is 0 Å². The number of terminal acetylenes is 1. The van der Waals surface area contributed by atoms with E-state index in [-0.39, 0.29) is 23.3 Å². The smallest absolute Gasteiger partial charge is 0.250 e. The molecule has 3 N–H and O–H groups in total. The van der Waals surface area contributed by atoms with Gasteiger partial charge in [0.05, 0.1) is 19.3 Å². The van der Waals surface area contributed by atoms with E-state index in [0.717, 1.165) is 37.0 Å². The maximum absolute atomic E-state index is 14.0. The molecule has 192 valence electrons. The molecule has 3 fully saturated rings. The highest BCUT2D eigenvalue weighted by Gasteiger charge is 2.59. The number of carbonyl (C=O) groups is 3. The Bertz CT molecular complexity index is 1060. The molecule has 1 aromatic carbocycles. The molecule has 0 radical (unpaired) electrons. The van der Waals surface area contributed by atoms with E-state index in [2.05, 4.69) is 21.9 Å². The number of nitrogens with zero attached hydrogens (tertiary/aromatic N) is 1. The van der Waals surface area contributed by atoms with Crippen LogP contribution in [0.4, 0.5) is 0 Å². The Morgan fingerprint density at radius 3 is 2.64 bits per heavy atom. The predicted octanol–water partition coefficient (Wildman–Crippen LogP) is 1.24. The van der Waals surface area contributed by atoms with E-state index >= 15 is 0 Å². The zero-order valence-corrected chi connectivity index (χ0v) is 20.6. The number of fused-ring (bicyclic) bond motifs is 2. The highest BCUT2D eigenvalue weighted by Crippen LogP contribution is 2.53. The van der Waals surface area contributed by atoms with Crippen LogP contribution in [0.5, 0.6) is 5.75 Å². The Morgan fingerprint density at radius 1 is 1.14 bits per heavy atom. The van der Waals surface area contributed by atoms with E-state index in [1.54, 1.807) is 11.9 Å². The number of nitrogens with one attached hydrogen (secondary N) is 3. The third-order valence-electron chi connectivity index (χ3n) is 8.18. The van der Waals surface area contributed by atoms with E-state index in [9.17, 15) is 14.4 Å². The van der Waals surface area contributed by atoms with Crippen molar-refractivity contribution >= 4 is 17.7 Å². The predicted molar refractivity (Wildman–Crippen MR) is 132 cm³/mol. The number of para-hydroxylation sites is 1. The van der Waals surface area contributed by atoms with Crippen molar-refractivity contribution in [3.05, 3.63) is 29.8 Å². The number of amides is 3. The molecule has 9 nitrogen and oxygen atoms in total. The van der Waals surface area contributed by atoms with Gasteiger partial charge in [0.2, 0.25) is 17.7 Å². The number of hydrogen-bond acceptors (Lipinski definition) is 6. The third-order valence-corrected chi connectivity index (χ3v) is 8.18. The number of carbonyl (C=O) groups excluding carboxylic acids is 3. The lowest BCUT2D eigenvalue weighted by Gasteiger charge is -2.37. The summed E-state index contributed by atoms with van der Waals surface area (Å²) in [7, 11) is 1.59. The standard InChI is InChI=1S/C27H34N4O5/c1-3-18(28-2)24(32)30-20-11-15-36-22-16-27(12-6-7-13-27)23(31(22)26(20)34)25(33)29-19-10-14-35-21-9-5-4-8-17(19)21/h1,4-5,8-9,18-20,22-23,28H,6-7,10-16H2,2H3,(H,29,33)(H,30,32)/t18-,19+,20-,22-,23+/m0/s1. The van der Waals surface area contributed by atoms with Crippen LogP contribution in [0.3, 0.4) is 0 Å². The summed E-state index contributed by atoms with van der Waals surface area (Å²) in [5.41, 5.74) is 0.621. The normalized spacial score (nSPS) is 29.3. The molecule has 36 heavy (non-hydrogen) atoms. The molecule has 0 unspecified atom stereocenters. The van der Waals surface area contributed by atoms with Crippen LogP contribution in [0.2, 0.25) is 0 Å². The lowest BCUT2D eigenvalue weighted by molar-refractivity contribution is -0.150. The Labute approximate surface area is 211 Å². The minimum Gasteiger partial charge on any atom is -0.493 e. The Hall–Kier alpha value is -3.09. The number of hydrogen-bond donors (Lipinski definition) is 3. The molecule has 3 aliphatic heterocycles. The van der Waals surface area contributed by atoms with Gasteiger partial charge in [-0.2, -0.15) is 0 Å². The highest BCUT2D eigenvalue weighted by molar-refractivity contribution is 5.95. The van der Waals surface area contributed by atoms with Crippen molar-refractivity contribution in [1.29, 1.82) is 0 Å². The van der Waals surface area contributed by atoms with Gasteiger partial charge in [0.1, 0.15) is 30.1 Å². The van der Waals surface area contributed by atoms with Crippen molar-refractivity contribution < 1.29 is 23.9 Å². The Kier molecular flexibility index (Phi) is 6.91. The molecule has 4 aliphatic rings. The summed E-state index contributed by atoms with van der Waals surface area (Å²) >= 11 is 0. The van der Waals surface area contributed by atoms with Crippen molar-refractivity contribution in [3.63, 3.8) is 0 Å². The van der Waals surface area contributed by atoms with Gasteiger partial charge in [0, 0.05) is 30.2 Å². The van der Waals surface area contributed by atoms with Crippen LogP contribution < -0.4 is 20.7 Å². The summed E-state index contributed by atoms with van der Waals surface area (Å²) in [6, 6.07) is 5.24. The van der Waals surface area contributed by atoms with E-state index in [0.29, 0.717) is 32.5 Å². The zero-order chi connectivity index (χ0) is 25.3. The summed E-state index contributed by atoms with van der Waals surface area (Å²) in [6.07, 6.45) is 10.4. The second kappa shape index (κ2) is 10.1. The fraction of sp³-hybridized carbons (Fsp3) is 0.593. The first-order valence-electron chi connectivity index (χ1n) is 12.9. The van der Waals surface area contributed by atoms with E-state index in [4.69, 9.17) is 15.9 Å². The molecule has 1 saturated carbocycles. The topological polar surface area (TPSA) is 109 Å². The van der Waals surface area contributed by atoms with Gasteiger partial charge in [-0.15, -0.1) is 6.42 Å². The lowest BCUT2D eigenvalue weighted by Crippen LogP contribution is -2.59. The number of benzene rings is 1. The van der Waals surface area contributed by atoms with Gasteiger partial charge < -0.3 is 25.0 Å². The first-order valence-corrected chi connectivity index (χ1v) is 12.9. The summed E-state index contributed by atoms with van der Waals surface area (Å²) in [5, 5.41) is 8.79. The minimum absolute atomic E-state index is 0.165. The zero-order valence-electron chi connectivity index (χ0n) is 20.6. The highest BCUT2D eigenvalue weighted by atomic mass is 16.5. The number of ether oxygens (including phenoxy) is 2. The molecule has 1 aromatic rings. The van der Waals surface area contributed by atoms with Crippen molar-refractivity contribution in [2.24, 2.45) is 5.41 Å². The molecule has 1 spiro atoms. The summed E-state index contributed by atoms with van der Waals surface area (Å²) in [5.74, 6) is 2.27. The van der Waals surface area contributed by atoms with Gasteiger partial charge in [0.25, 0.3) is 0 Å². The number of likely N-dealkylation sites (N-methyl/N-ethyl adjacent to an activating group) is 1. The largest absolute Gasteiger partial charge is 0.493 e. The van der Waals surface area contributed by atoms with Crippen LogP contribution in [0.1, 0.15) is 56.6 Å². The van der Waals surface area contributed by atoms with Gasteiger partial charge >= 0.3 is 0 Å². The molecule has 0 bridgehead atoms. The third kappa shape index (κ3) is 4.33. The maximum Gasteiger partial charge on any atom is 0.250 e. The summed E-state index contributed by atoms with van der Waals surface area (Å²) in [6.45, 7) is 0.831. The molecule has 5 atom stereocenters. The Morgan fingerprint density at radius 2 is 1.89 bits per heavy atom. The van der Waals surface area contributed by atoms with Crippen LogP contribution >= 0.6 is 0 Å². The second-order valence-electron chi connectivity index (χ2n) is 10.2. The number of rotatable bonds is 5. The van der Waals surface area contributed by atoms with Crippen LogP contribution in [-0.2, 0) is 19.1 Å². The minimum atomic E-state index is -0.842. The van der Waals surface area contributed by atoms with Gasteiger partial charge in [-0.25, -0.2) is 0 Å². The first kappa shape index (κ1) is 24.6. The average molecular weight is 495 g/mol. The van der Waals surface area contributed by atoms with Crippen LogP contribution in [0, 0.1) is 17.8 Å². The lowest BCUT2D eigenvalue weighted by atomic mass is 9.77. The van der Waals surface area contributed by atoms with Crippen molar-refractivity contribution in [2.75, 3.05) is 20.3 Å².